The fraction of sp³-hybridized carbons (Fsp3) is 0.211. The molecule has 1 heterocycles. The van der Waals surface area contributed by atoms with Gasteiger partial charge in [-0.05, 0) is 42.5 Å². The summed E-state index contributed by atoms with van der Waals surface area (Å²) in [4.78, 5) is 31.0. The molecule has 8 heteroatoms. The molecule has 1 atom stereocenters. The van der Waals surface area contributed by atoms with Crippen LogP contribution in [0.25, 0.3) is 0 Å². The number of carbonyl (C=O) groups is 2. The fourth-order valence-corrected chi connectivity index (χ4v) is 3.92. The van der Waals surface area contributed by atoms with Gasteiger partial charge in [0.2, 0.25) is 11.8 Å². The van der Waals surface area contributed by atoms with Crippen molar-refractivity contribution >= 4 is 56.0 Å². The second-order valence-electron chi connectivity index (χ2n) is 5.86. The summed E-state index contributed by atoms with van der Waals surface area (Å²) in [5, 5.41) is 2.81. The van der Waals surface area contributed by atoms with Crippen LogP contribution < -0.4 is 10.1 Å². The van der Waals surface area contributed by atoms with Crippen LogP contribution in [0.1, 0.15) is 6.42 Å². The van der Waals surface area contributed by atoms with Gasteiger partial charge < -0.3 is 10.1 Å². The molecular formula is C19H18BrN3O3S. The van der Waals surface area contributed by atoms with Crippen LogP contribution in [0.4, 0.5) is 11.4 Å². The van der Waals surface area contributed by atoms with Crippen molar-refractivity contribution in [2.24, 2.45) is 4.99 Å². The van der Waals surface area contributed by atoms with E-state index in [2.05, 4.69) is 26.2 Å². The molecule has 0 radical (unpaired) electrons. The van der Waals surface area contributed by atoms with E-state index in [1.165, 1.54) is 16.7 Å². The van der Waals surface area contributed by atoms with Crippen LogP contribution in [0.2, 0.25) is 0 Å². The maximum atomic E-state index is 12.6. The zero-order chi connectivity index (χ0) is 19.4. The van der Waals surface area contributed by atoms with Gasteiger partial charge in [0, 0.05) is 23.6 Å². The first kappa shape index (κ1) is 19.4. The van der Waals surface area contributed by atoms with Gasteiger partial charge in [0.05, 0.1) is 12.8 Å². The Kier molecular flexibility index (Phi) is 6.18. The van der Waals surface area contributed by atoms with Crippen LogP contribution in [0.3, 0.4) is 0 Å². The molecule has 2 aromatic rings. The molecular weight excluding hydrogens is 430 g/mol. The molecule has 0 spiro atoms. The highest BCUT2D eigenvalue weighted by molar-refractivity contribution is 9.10. The van der Waals surface area contributed by atoms with Crippen molar-refractivity contribution in [3.8, 4) is 5.75 Å². The van der Waals surface area contributed by atoms with E-state index in [0.717, 1.165) is 10.2 Å². The number of carbonyl (C=O) groups excluding carboxylic acids is 2. The number of benzene rings is 2. The average molecular weight is 448 g/mol. The third-order valence-corrected chi connectivity index (χ3v) is 5.68. The van der Waals surface area contributed by atoms with Gasteiger partial charge in [-0.3, -0.25) is 14.5 Å². The minimum Gasteiger partial charge on any atom is -0.497 e. The van der Waals surface area contributed by atoms with E-state index in [9.17, 15) is 9.59 Å². The molecule has 0 bridgehead atoms. The molecule has 0 saturated carbocycles. The Bertz CT molecular complexity index is 886. The summed E-state index contributed by atoms with van der Waals surface area (Å²) in [6.45, 7) is 0. The van der Waals surface area contributed by atoms with E-state index in [1.54, 1.807) is 44.5 Å². The van der Waals surface area contributed by atoms with E-state index in [4.69, 9.17) is 4.74 Å². The summed E-state index contributed by atoms with van der Waals surface area (Å²) >= 11 is 4.66. The van der Waals surface area contributed by atoms with E-state index < -0.39 is 5.25 Å². The number of rotatable bonds is 4. The van der Waals surface area contributed by atoms with E-state index in [-0.39, 0.29) is 18.2 Å². The first-order valence-electron chi connectivity index (χ1n) is 8.18. The number of amides is 2. The number of thioether (sulfide) groups is 1. The number of ether oxygens (including phenoxy) is 1. The van der Waals surface area contributed by atoms with Crippen molar-refractivity contribution in [3.05, 3.63) is 53.0 Å². The van der Waals surface area contributed by atoms with Crippen LogP contribution in [0.15, 0.2) is 58.0 Å². The van der Waals surface area contributed by atoms with Crippen LogP contribution in [0, 0.1) is 0 Å². The predicted octanol–water partition coefficient (Wildman–Crippen LogP) is 4.05. The molecule has 1 fully saturated rings. The lowest BCUT2D eigenvalue weighted by molar-refractivity contribution is -0.128. The number of hydrogen-bond donors (Lipinski definition) is 1. The molecule has 0 aliphatic carbocycles. The first-order chi connectivity index (χ1) is 13.0. The quantitative estimate of drug-likeness (QED) is 0.767. The zero-order valence-electron chi connectivity index (χ0n) is 14.8. The Morgan fingerprint density at radius 1 is 1.30 bits per heavy atom. The van der Waals surface area contributed by atoms with Gasteiger partial charge in [-0.25, -0.2) is 4.99 Å². The Balaban J connectivity index is 1.76. The number of methoxy groups -OCH3 is 1. The highest BCUT2D eigenvalue weighted by Gasteiger charge is 2.34. The lowest BCUT2D eigenvalue weighted by Crippen LogP contribution is -2.43. The van der Waals surface area contributed by atoms with Crippen molar-refractivity contribution in [1.29, 1.82) is 0 Å². The molecule has 6 nitrogen and oxygen atoms in total. The first-order valence-corrected chi connectivity index (χ1v) is 9.86. The van der Waals surface area contributed by atoms with Crippen LogP contribution in [0.5, 0.6) is 5.75 Å². The van der Waals surface area contributed by atoms with Crippen LogP contribution in [-0.2, 0) is 9.59 Å². The smallest absolute Gasteiger partial charge is 0.238 e. The Morgan fingerprint density at radius 2 is 2.04 bits per heavy atom. The molecule has 2 aromatic carbocycles. The number of anilines is 1. The normalized spacial score (nSPS) is 18.5. The predicted molar refractivity (Wildman–Crippen MR) is 112 cm³/mol. The largest absolute Gasteiger partial charge is 0.497 e. The van der Waals surface area contributed by atoms with Gasteiger partial charge >= 0.3 is 0 Å². The van der Waals surface area contributed by atoms with Crippen LogP contribution >= 0.6 is 27.7 Å². The molecule has 1 unspecified atom stereocenters. The third kappa shape index (κ3) is 4.90. The van der Waals surface area contributed by atoms with Crippen molar-refractivity contribution in [3.63, 3.8) is 0 Å². The van der Waals surface area contributed by atoms with Gasteiger partial charge in [0.15, 0.2) is 5.17 Å². The highest BCUT2D eigenvalue weighted by Crippen LogP contribution is 2.29. The van der Waals surface area contributed by atoms with E-state index >= 15 is 0 Å². The summed E-state index contributed by atoms with van der Waals surface area (Å²) in [7, 11) is 3.26. The molecule has 140 valence electrons. The number of nitrogens with zero attached hydrogens (tertiary/aromatic N) is 2. The molecule has 27 heavy (non-hydrogen) atoms. The highest BCUT2D eigenvalue weighted by atomic mass is 79.9. The third-order valence-electron chi connectivity index (χ3n) is 3.95. The summed E-state index contributed by atoms with van der Waals surface area (Å²) in [6.07, 6.45) is 0.128. The van der Waals surface area contributed by atoms with Gasteiger partial charge in [0.1, 0.15) is 11.0 Å². The van der Waals surface area contributed by atoms with Crippen LogP contribution in [-0.4, -0.2) is 41.3 Å². The van der Waals surface area contributed by atoms with Crippen molar-refractivity contribution in [2.75, 3.05) is 19.5 Å². The topological polar surface area (TPSA) is 71.0 Å². The second-order valence-corrected chi connectivity index (χ2v) is 7.94. The Hall–Kier alpha value is -2.32. The fourth-order valence-electron chi connectivity index (χ4n) is 2.45. The van der Waals surface area contributed by atoms with Gasteiger partial charge in [-0.15, -0.1) is 0 Å². The molecule has 3 rings (SSSR count). The maximum absolute atomic E-state index is 12.6. The zero-order valence-corrected chi connectivity index (χ0v) is 17.2. The Morgan fingerprint density at radius 3 is 2.70 bits per heavy atom. The number of hydrogen-bond acceptors (Lipinski definition) is 5. The second kappa shape index (κ2) is 8.58. The molecule has 1 N–H and O–H groups in total. The standard InChI is InChI=1S/C19H18BrN3O3S/c1-23-17(24)11-16(18(25)21-14-5-3-4-12(20)10-14)27-19(23)22-13-6-8-15(26-2)9-7-13/h3-10,16H,11H2,1-2H3,(H,21,25). The molecule has 1 aliphatic heterocycles. The number of halogens is 1. The van der Waals surface area contributed by atoms with Crippen molar-refractivity contribution in [2.45, 2.75) is 11.7 Å². The molecule has 1 aliphatic rings. The monoisotopic (exact) mass is 447 g/mol. The summed E-state index contributed by atoms with van der Waals surface area (Å²) < 4.78 is 6.01. The SMILES string of the molecule is COc1ccc(N=C2SC(C(=O)Nc3cccc(Br)c3)CC(=O)N2C)cc1. The summed E-state index contributed by atoms with van der Waals surface area (Å²) in [5.41, 5.74) is 1.36. The lowest BCUT2D eigenvalue weighted by atomic mass is 10.2. The van der Waals surface area contributed by atoms with Gasteiger partial charge in [-0.1, -0.05) is 33.8 Å². The van der Waals surface area contributed by atoms with Crippen molar-refractivity contribution in [1.82, 2.24) is 4.90 Å². The van der Waals surface area contributed by atoms with Crippen molar-refractivity contribution < 1.29 is 14.3 Å². The number of aliphatic imine (C=N–C) groups is 1. The van der Waals surface area contributed by atoms with Gasteiger partial charge in [-0.2, -0.15) is 0 Å². The van der Waals surface area contributed by atoms with E-state index in [1.807, 2.05) is 18.2 Å². The molecule has 0 aromatic heterocycles. The Labute approximate surface area is 170 Å². The lowest BCUT2D eigenvalue weighted by Gasteiger charge is -2.28. The van der Waals surface area contributed by atoms with Gasteiger partial charge in [0.25, 0.3) is 0 Å². The van der Waals surface area contributed by atoms with E-state index in [0.29, 0.717) is 16.5 Å². The molecule has 2 amide bonds. The number of nitrogens with one attached hydrogen (secondary N) is 1. The average Bonchev–Trinajstić information content (AvgIpc) is 2.66. The maximum Gasteiger partial charge on any atom is 0.238 e. The molecule has 1 saturated heterocycles. The number of amidine groups is 1. The summed E-state index contributed by atoms with van der Waals surface area (Å²) in [5.74, 6) is 0.364. The minimum atomic E-state index is -0.537. The minimum absolute atomic E-state index is 0.128. The summed E-state index contributed by atoms with van der Waals surface area (Å²) in [6, 6.07) is 14.5.